The fraction of sp³-hybridized carbons (Fsp3) is 0.545. The summed E-state index contributed by atoms with van der Waals surface area (Å²) in [5.74, 6) is 0.649. The topological polar surface area (TPSA) is 42.0 Å². The third-order valence-electron chi connectivity index (χ3n) is 5.13. The van der Waals surface area contributed by atoms with Gasteiger partial charge in [-0.2, -0.15) is 0 Å². The van der Waals surface area contributed by atoms with E-state index < -0.39 is 0 Å². The van der Waals surface area contributed by atoms with Crippen LogP contribution in [0.15, 0.2) is 35.7 Å². The fourth-order valence-corrected chi connectivity index (χ4v) is 4.62. The molecule has 26 heavy (non-hydrogen) atoms. The molecule has 1 saturated carbocycles. The average molecular weight is 371 g/mol. The summed E-state index contributed by atoms with van der Waals surface area (Å²) in [6.45, 7) is 6.48. The predicted octanol–water partition coefficient (Wildman–Crippen LogP) is 4.90. The Hall–Kier alpha value is -1.68. The lowest BCUT2D eigenvalue weighted by Gasteiger charge is -2.32. The Morgan fingerprint density at radius 3 is 2.62 bits per heavy atom. The molecule has 0 bridgehead atoms. The molecule has 1 aliphatic carbocycles. The van der Waals surface area contributed by atoms with Gasteiger partial charge < -0.3 is 5.32 Å². The Labute approximate surface area is 161 Å². The van der Waals surface area contributed by atoms with Crippen molar-refractivity contribution in [1.29, 1.82) is 0 Å². The molecule has 1 fully saturated rings. The van der Waals surface area contributed by atoms with Gasteiger partial charge >= 0.3 is 0 Å². The summed E-state index contributed by atoms with van der Waals surface area (Å²) in [6.07, 6.45) is 6.21. The van der Waals surface area contributed by atoms with E-state index in [1.165, 1.54) is 24.8 Å². The monoisotopic (exact) mass is 370 g/mol. The second-order valence-electron chi connectivity index (χ2n) is 8.48. The van der Waals surface area contributed by atoms with Crippen molar-refractivity contribution in [3.05, 3.63) is 52.0 Å². The largest absolute Gasteiger partial charge is 0.353 e. The minimum Gasteiger partial charge on any atom is -0.353 e. The van der Waals surface area contributed by atoms with Gasteiger partial charge in [0.15, 0.2) is 0 Å². The predicted molar refractivity (Wildman–Crippen MR) is 109 cm³/mol. The standard InChI is InChI=1S/C22H30N2OS/c1-22(2,3)21-23-18(15-26-21)14-20(25)24-19-12-8-7-11-17(19)13-16-9-5-4-6-10-16/h4-6,9-10,15,17,19H,7-8,11-14H2,1-3H3,(H,24,25). The summed E-state index contributed by atoms with van der Waals surface area (Å²) in [6, 6.07) is 10.9. The van der Waals surface area contributed by atoms with Crippen molar-refractivity contribution in [2.24, 2.45) is 5.92 Å². The molecular weight excluding hydrogens is 340 g/mol. The molecule has 0 aliphatic heterocycles. The minimum absolute atomic E-state index is 0.0452. The highest BCUT2D eigenvalue weighted by Crippen LogP contribution is 2.28. The Morgan fingerprint density at radius 2 is 1.92 bits per heavy atom. The molecule has 140 valence electrons. The lowest BCUT2D eigenvalue weighted by molar-refractivity contribution is -0.121. The molecule has 2 aromatic rings. The van der Waals surface area contributed by atoms with E-state index in [9.17, 15) is 4.79 Å². The Kier molecular flexibility index (Phi) is 6.13. The Morgan fingerprint density at radius 1 is 1.19 bits per heavy atom. The number of carbonyl (C=O) groups is 1. The van der Waals surface area contributed by atoms with Gasteiger partial charge in [-0.15, -0.1) is 11.3 Å². The van der Waals surface area contributed by atoms with Crippen LogP contribution in [0, 0.1) is 5.92 Å². The van der Waals surface area contributed by atoms with Crippen molar-refractivity contribution in [1.82, 2.24) is 10.3 Å². The van der Waals surface area contributed by atoms with Gasteiger partial charge in [-0.25, -0.2) is 4.98 Å². The SMILES string of the molecule is CC(C)(C)c1nc(CC(=O)NC2CCCCC2Cc2ccccc2)cs1. The summed E-state index contributed by atoms with van der Waals surface area (Å²) in [4.78, 5) is 17.3. The third kappa shape index (κ3) is 5.16. The maximum Gasteiger partial charge on any atom is 0.226 e. The second kappa shape index (κ2) is 8.34. The van der Waals surface area contributed by atoms with E-state index in [-0.39, 0.29) is 17.4 Å². The van der Waals surface area contributed by atoms with Crippen molar-refractivity contribution < 1.29 is 4.79 Å². The molecule has 1 aliphatic rings. The first kappa shape index (κ1) is 19.1. The molecule has 1 aromatic carbocycles. The molecule has 2 unspecified atom stereocenters. The number of carbonyl (C=O) groups excluding carboxylic acids is 1. The highest BCUT2D eigenvalue weighted by atomic mass is 32.1. The molecule has 1 heterocycles. The van der Waals surface area contributed by atoms with E-state index in [0.717, 1.165) is 23.5 Å². The number of benzene rings is 1. The molecule has 3 rings (SSSR count). The van der Waals surface area contributed by atoms with Crippen LogP contribution in [-0.4, -0.2) is 16.9 Å². The molecule has 4 heteroatoms. The smallest absolute Gasteiger partial charge is 0.226 e. The maximum absolute atomic E-state index is 12.6. The minimum atomic E-state index is 0.0452. The van der Waals surface area contributed by atoms with Crippen molar-refractivity contribution in [2.45, 2.75) is 70.8 Å². The lowest BCUT2D eigenvalue weighted by atomic mass is 9.80. The molecule has 1 aromatic heterocycles. The van der Waals surface area contributed by atoms with Crippen molar-refractivity contribution in [3.8, 4) is 0 Å². The molecule has 1 N–H and O–H groups in total. The maximum atomic E-state index is 12.6. The first-order chi connectivity index (χ1) is 12.4. The quantitative estimate of drug-likeness (QED) is 0.813. The van der Waals surface area contributed by atoms with Crippen LogP contribution in [0.1, 0.15) is 62.7 Å². The Bertz CT molecular complexity index is 717. The van der Waals surface area contributed by atoms with Gasteiger partial charge in [0.1, 0.15) is 0 Å². The first-order valence-corrected chi connectivity index (χ1v) is 10.6. The number of aromatic nitrogens is 1. The molecule has 0 saturated heterocycles. The van der Waals surface area contributed by atoms with Crippen LogP contribution < -0.4 is 5.32 Å². The first-order valence-electron chi connectivity index (χ1n) is 9.70. The summed E-state index contributed by atoms with van der Waals surface area (Å²) in [7, 11) is 0. The van der Waals surface area contributed by atoms with Crippen LogP contribution >= 0.6 is 11.3 Å². The molecular formula is C22H30N2OS. The van der Waals surface area contributed by atoms with Gasteiger partial charge in [-0.1, -0.05) is 63.9 Å². The van der Waals surface area contributed by atoms with Crippen LogP contribution in [0.25, 0.3) is 0 Å². The zero-order valence-electron chi connectivity index (χ0n) is 16.1. The van der Waals surface area contributed by atoms with E-state index in [1.807, 2.05) is 5.38 Å². The molecule has 2 atom stereocenters. The van der Waals surface area contributed by atoms with Crippen molar-refractivity contribution in [3.63, 3.8) is 0 Å². The highest BCUT2D eigenvalue weighted by molar-refractivity contribution is 7.09. The van der Waals surface area contributed by atoms with Crippen LogP contribution in [0.4, 0.5) is 0 Å². The van der Waals surface area contributed by atoms with Gasteiger partial charge in [0.2, 0.25) is 5.91 Å². The summed E-state index contributed by atoms with van der Waals surface area (Å²) in [5, 5.41) is 6.44. The zero-order valence-corrected chi connectivity index (χ0v) is 16.9. The van der Waals surface area contributed by atoms with Crippen LogP contribution in [0.3, 0.4) is 0 Å². The highest BCUT2D eigenvalue weighted by Gasteiger charge is 2.27. The lowest BCUT2D eigenvalue weighted by Crippen LogP contribution is -2.43. The summed E-state index contributed by atoms with van der Waals surface area (Å²) >= 11 is 1.66. The van der Waals surface area contributed by atoms with E-state index in [4.69, 9.17) is 0 Å². The Balaban J connectivity index is 1.58. The van der Waals surface area contributed by atoms with Crippen LogP contribution in [0.5, 0.6) is 0 Å². The fourth-order valence-electron chi connectivity index (χ4n) is 3.71. The number of rotatable bonds is 5. The second-order valence-corrected chi connectivity index (χ2v) is 9.34. The van der Waals surface area contributed by atoms with Gasteiger partial charge in [-0.3, -0.25) is 4.79 Å². The summed E-state index contributed by atoms with van der Waals surface area (Å²) in [5.41, 5.74) is 2.31. The average Bonchev–Trinajstić information content (AvgIpc) is 3.06. The van der Waals surface area contributed by atoms with E-state index in [1.54, 1.807) is 11.3 Å². The molecule has 3 nitrogen and oxygen atoms in total. The number of thiazole rings is 1. The zero-order chi connectivity index (χ0) is 18.6. The van der Waals surface area contributed by atoms with Crippen molar-refractivity contribution in [2.75, 3.05) is 0 Å². The van der Waals surface area contributed by atoms with Gasteiger partial charge in [0.25, 0.3) is 0 Å². The molecule has 0 spiro atoms. The number of nitrogens with zero attached hydrogens (tertiary/aromatic N) is 1. The van der Waals surface area contributed by atoms with E-state index >= 15 is 0 Å². The molecule has 0 radical (unpaired) electrons. The van der Waals surface area contributed by atoms with Gasteiger partial charge in [0, 0.05) is 16.8 Å². The normalized spacial score (nSPS) is 20.7. The number of hydrogen-bond acceptors (Lipinski definition) is 3. The van der Waals surface area contributed by atoms with Gasteiger partial charge in [0.05, 0.1) is 17.1 Å². The number of hydrogen-bond donors (Lipinski definition) is 1. The molecule has 1 amide bonds. The third-order valence-corrected chi connectivity index (χ3v) is 6.45. The van der Waals surface area contributed by atoms with E-state index in [2.05, 4.69) is 61.4 Å². The number of amides is 1. The van der Waals surface area contributed by atoms with E-state index in [0.29, 0.717) is 12.3 Å². The summed E-state index contributed by atoms with van der Waals surface area (Å²) < 4.78 is 0. The van der Waals surface area contributed by atoms with Crippen molar-refractivity contribution >= 4 is 17.2 Å². The number of nitrogens with one attached hydrogen (secondary N) is 1. The van der Waals surface area contributed by atoms with Crippen LogP contribution in [-0.2, 0) is 23.1 Å². The van der Waals surface area contributed by atoms with Gasteiger partial charge in [-0.05, 0) is 30.7 Å². The van der Waals surface area contributed by atoms with Crippen LogP contribution in [0.2, 0.25) is 0 Å².